The second kappa shape index (κ2) is 5.81. The second-order valence-electron chi connectivity index (χ2n) is 6.34. The van der Waals surface area contributed by atoms with Crippen molar-refractivity contribution in [1.82, 2.24) is 9.78 Å². The number of phenols is 1. The lowest BCUT2D eigenvalue weighted by Crippen LogP contribution is -2.54. The molecule has 0 unspecified atom stereocenters. The molecule has 0 spiro atoms. The van der Waals surface area contributed by atoms with Crippen LogP contribution in [0.4, 0.5) is 0 Å². The van der Waals surface area contributed by atoms with Gasteiger partial charge in [0.2, 0.25) is 0 Å². The Bertz CT molecular complexity index is 1090. The summed E-state index contributed by atoms with van der Waals surface area (Å²) in [5.41, 5.74) is 4.17. The van der Waals surface area contributed by atoms with Gasteiger partial charge in [0, 0.05) is 12.4 Å². The fourth-order valence-corrected chi connectivity index (χ4v) is 3.58. The SMILES string of the molecule is Oc1ccc2c(c1)B(c1cccc(-n3cccn3)c1)c1ccccc1O2. The number of hydrogen-bond acceptors (Lipinski definition) is 3. The normalized spacial score (nSPS) is 12.2. The molecule has 0 radical (unpaired) electrons. The molecule has 0 saturated heterocycles. The highest BCUT2D eigenvalue weighted by atomic mass is 16.5. The molecular formula is C21H15BN2O2. The first-order valence-electron chi connectivity index (χ1n) is 8.49. The molecule has 2 heterocycles. The van der Waals surface area contributed by atoms with E-state index in [1.807, 2.05) is 53.3 Å². The van der Waals surface area contributed by atoms with Crippen LogP contribution in [0.5, 0.6) is 17.2 Å². The van der Waals surface area contributed by atoms with E-state index < -0.39 is 0 Å². The van der Waals surface area contributed by atoms with Crippen molar-refractivity contribution in [2.45, 2.75) is 0 Å². The Morgan fingerprint density at radius 2 is 1.73 bits per heavy atom. The molecule has 0 fully saturated rings. The van der Waals surface area contributed by atoms with Crippen molar-refractivity contribution in [3.05, 3.63) is 85.2 Å². The fraction of sp³-hybridized carbons (Fsp3) is 0. The second-order valence-corrected chi connectivity index (χ2v) is 6.34. The summed E-state index contributed by atoms with van der Waals surface area (Å²) in [5.74, 6) is 1.86. The Balaban J connectivity index is 1.72. The number of nitrogens with zero attached hydrogens (tertiary/aromatic N) is 2. The molecule has 0 saturated carbocycles. The Morgan fingerprint density at radius 1 is 0.846 bits per heavy atom. The Morgan fingerprint density at radius 3 is 2.62 bits per heavy atom. The smallest absolute Gasteiger partial charge is 0.251 e. The first-order valence-corrected chi connectivity index (χ1v) is 8.49. The van der Waals surface area contributed by atoms with Gasteiger partial charge in [-0.3, -0.25) is 0 Å². The van der Waals surface area contributed by atoms with Gasteiger partial charge in [0.15, 0.2) is 0 Å². The molecule has 0 aliphatic carbocycles. The van der Waals surface area contributed by atoms with Crippen LogP contribution in [0.3, 0.4) is 0 Å². The standard InChI is InChI=1S/C21H15BN2O2/c25-17-9-10-21-19(14-17)22(18-7-1-2-8-20(18)26-21)15-5-3-6-16(13-15)24-12-4-11-23-24/h1-14,25H. The van der Waals surface area contributed by atoms with Gasteiger partial charge in [0.05, 0.1) is 5.69 Å². The minimum atomic E-state index is -0.0161. The third-order valence-electron chi connectivity index (χ3n) is 4.73. The van der Waals surface area contributed by atoms with Gasteiger partial charge in [-0.2, -0.15) is 5.10 Å². The average Bonchev–Trinajstić information content (AvgIpc) is 3.21. The van der Waals surface area contributed by atoms with E-state index in [0.29, 0.717) is 0 Å². The molecule has 1 N–H and O–H groups in total. The fourth-order valence-electron chi connectivity index (χ4n) is 3.58. The predicted octanol–water partition coefficient (Wildman–Crippen LogP) is 2.20. The first kappa shape index (κ1) is 14.8. The van der Waals surface area contributed by atoms with Gasteiger partial charge in [-0.05, 0) is 53.4 Å². The molecule has 3 aromatic carbocycles. The topological polar surface area (TPSA) is 47.3 Å². The van der Waals surface area contributed by atoms with E-state index in [0.717, 1.165) is 33.6 Å². The van der Waals surface area contributed by atoms with Crippen molar-refractivity contribution < 1.29 is 9.84 Å². The zero-order valence-corrected chi connectivity index (χ0v) is 13.9. The van der Waals surface area contributed by atoms with E-state index in [1.165, 1.54) is 0 Å². The van der Waals surface area contributed by atoms with Gasteiger partial charge in [0.25, 0.3) is 6.71 Å². The number of rotatable bonds is 2. The molecule has 0 amide bonds. The van der Waals surface area contributed by atoms with E-state index in [1.54, 1.807) is 18.3 Å². The molecule has 1 aliphatic rings. The zero-order valence-electron chi connectivity index (χ0n) is 13.9. The van der Waals surface area contributed by atoms with Crippen LogP contribution in [0.2, 0.25) is 0 Å². The highest BCUT2D eigenvalue weighted by Crippen LogP contribution is 2.26. The maximum atomic E-state index is 10.0. The number of ether oxygens (including phenoxy) is 1. The number of benzene rings is 3. The molecule has 124 valence electrons. The molecule has 4 aromatic rings. The van der Waals surface area contributed by atoms with Crippen LogP contribution in [0, 0.1) is 0 Å². The Labute approximate surface area is 151 Å². The molecule has 1 aromatic heterocycles. The third kappa shape index (κ3) is 2.37. The van der Waals surface area contributed by atoms with Crippen molar-refractivity contribution in [2.24, 2.45) is 0 Å². The molecule has 0 atom stereocenters. The van der Waals surface area contributed by atoms with E-state index in [4.69, 9.17) is 4.74 Å². The number of fused-ring (bicyclic) bond motifs is 2. The van der Waals surface area contributed by atoms with E-state index in [9.17, 15) is 5.11 Å². The number of hydrogen-bond donors (Lipinski definition) is 1. The highest BCUT2D eigenvalue weighted by molar-refractivity contribution is 6.97. The molecular weight excluding hydrogens is 323 g/mol. The first-order chi connectivity index (χ1) is 12.8. The van der Waals surface area contributed by atoms with Gasteiger partial charge >= 0.3 is 0 Å². The molecule has 5 heteroatoms. The van der Waals surface area contributed by atoms with Crippen molar-refractivity contribution in [1.29, 1.82) is 0 Å². The lowest BCUT2D eigenvalue weighted by Gasteiger charge is -2.27. The van der Waals surface area contributed by atoms with Crippen LogP contribution in [-0.2, 0) is 0 Å². The van der Waals surface area contributed by atoms with Gasteiger partial charge in [0.1, 0.15) is 17.2 Å². The summed E-state index contributed by atoms with van der Waals surface area (Å²) in [7, 11) is 0. The lowest BCUT2D eigenvalue weighted by atomic mass is 9.36. The number of aromatic nitrogens is 2. The number of phenolic OH excluding ortho intramolecular Hbond substituents is 1. The summed E-state index contributed by atoms with van der Waals surface area (Å²) < 4.78 is 7.90. The van der Waals surface area contributed by atoms with Crippen molar-refractivity contribution >= 4 is 23.1 Å². The van der Waals surface area contributed by atoms with Crippen molar-refractivity contribution in [3.63, 3.8) is 0 Å². The zero-order chi connectivity index (χ0) is 17.5. The quantitative estimate of drug-likeness (QED) is 0.502. The van der Waals surface area contributed by atoms with Gasteiger partial charge in [-0.1, -0.05) is 35.8 Å². The van der Waals surface area contributed by atoms with Crippen LogP contribution in [0.25, 0.3) is 5.69 Å². The highest BCUT2D eigenvalue weighted by Gasteiger charge is 2.32. The van der Waals surface area contributed by atoms with Gasteiger partial charge < -0.3 is 9.84 Å². The average molecular weight is 338 g/mol. The molecule has 26 heavy (non-hydrogen) atoms. The molecule has 1 aliphatic heterocycles. The lowest BCUT2D eigenvalue weighted by molar-refractivity contribution is 0.467. The Kier molecular flexibility index (Phi) is 3.32. The summed E-state index contributed by atoms with van der Waals surface area (Å²) in [6, 6.07) is 23.5. The molecule has 0 bridgehead atoms. The van der Waals surface area contributed by atoms with Crippen LogP contribution in [-0.4, -0.2) is 21.6 Å². The van der Waals surface area contributed by atoms with Crippen LogP contribution in [0.15, 0.2) is 85.2 Å². The van der Waals surface area contributed by atoms with E-state index in [2.05, 4.69) is 23.3 Å². The van der Waals surface area contributed by atoms with Crippen molar-refractivity contribution in [3.8, 4) is 22.9 Å². The Hall–Kier alpha value is -3.47. The predicted molar refractivity (Wildman–Crippen MR) is 103 cm³/mol. The van der Waals surface area contributed by atoms with Crippen LogP contribution < -0.4 is 21.1 Å². The third-order valence-corrected chi connectivity index (χ3v) is 4.73. The minimum absolute atomic E-state index is 0.0161. The molecule has 4 nitrogen and oxygen atoms in total. The number of para-hydroxylation sites is 1. The van der Waals surface area contributed by atoms with Gasteiger partial charge in [-0.25, -0.2) is 4.68 Å². The van der Waals surface area contributed by atoms with Gasteiger partial charge in [-0.15, -0.1) is 0 Å². The summed E-state index contributed by atoms with van der Waals surface area (Å²) in [4.78, 5) is 0. The molecule has 5 rings (SSSR count). The summed E-state index contributed by atoms with van der Waals surface area (Å²) in [6.45, 7) is -0.0161. The monoisotopic (exact) mass is 338 g/mol. The van der Waals surface area contributed by atoms with Crippen molar-refractivity contribution in [2.75, 3.05) is 0 Å². The maximum Gasteiger partial charge on any atom is 0.251 e. The van der Waals surface area contributed by atoms with Crippen LogP contribution >= 0.6 is 0 Å². The summed E-state index contributed by atoms with van der Waals surface area (Å²) in [5, 5.41) is 14.4. The van der Waals surface area contributed by atoms with E-state index in [-0.39, 0.29) is 12.5 Å². The van der Waals surface area contributed by atoms with E-state index >= 15 is 0 Å². The van der Waals surface area contributed by atoms with Crippen LogP contribution in [0.1, 0.15) is 0 Å². The summed E-state index contributed by atoms with van der Waals surface area (Å²) >= 11 is 0. The number of aromatic hydroxyl groups is 1. The maximum absolute atomic E-state index is 10.0. The minimum Gasteiger partial charge on any atom is -0.508 e. The summed E-state index contributed by atoms with van der Waals surface area (Å²) in [6.07, 6.45) is 3.70. The largest absolute Gasteiger partial charge is 0.508 e.